The zero-order valence-electron chi connectivity index (χ0n) is 9.97. The van der Waals surface area contributed by atoms with Crippen LogP contribution in [0.4, 0.5) is 13.2 Å². The predicted octanol–water partition coefficient (Wildman–Crippen LogP) is 3.25. The molecule has 5 heteroatoms. The van der Waals surface area contributed by atoms with Crippen LogP contribution in [0.3, 0.4) is 0 Å². The van der Waals surface area contributed by atoms with E-state index < -0.39 is 18.3 Å². The van der Waals surface area contributed by atoms with E-state index in [2.05, 4.69) is 5.32 Å². The fraction of sp³-hybridized carbons (Fsp3) is 0.417. The number of nitriles is 1. The second-order valence-corrected chi connectivity index (χ2v) is 2.95. The summed E-state index contributed by atoms with van der Waals surface area (Å²) in [4.78, 5) is 0. The van der Waals surface area contributed by atoms with Gasteiger partial charge < -0.3 is 5.32 Å². The molecule has 0 aromatic heterocycles. The van der Waals surface area contributed by atoms with Crippen LogP contribution >= 0.6 is 0 Å². The third-order valence-corrected chi connectivity index (χ3v) is 2.02. The maximum Gasteiger partial charge on any atom is 0.257 e. The Balaban J connectivity index is 0.00000121. The van der Waals surface area contributed by atoms with Crippen LogP contribution in [0, 0.1) is 17.1 Å². The SMILES string of the molecule is CC.CNC(c1cc(C#N)ccc1F)C(F)F. The molecule has 94 valence electrons. The van der Waals surface area contributed by atoms with Crippen LogP contribution in [0.2, 0.25) is 0 Å². The van der Waals surface area contributed by atoms with Crippen molar-refractivity contribution in [3.05, 3.63) is 35.1 Å². The molecule has 0 spiro atoms. The van der Waals surface area contributed by atoms with Gasteiger partial charge in [-0.15, -0.1) is 0 Å². The number of benzene rings is 1. The van der Waals surface area contributed by atoms with E-state index in [4.69, 9.17) is 5.26 Å². The van der Waals surface area contributed by atoms with Crippen molar-refractivity contribution in [2.24, 2.45) is 0 Å². The first-order valence-corrected chi connectivity index (χ1v) is 5.25. The van der Waals surface area contributed by atoms with Crippen molar-refractivity contribution in [3.8, 4) is 6.07 Å². The van der Waals surface area contributed by atoms with E-state index in [1.807, 2.05) is 13.8 Å². The van der Waals surface area contributed by atoms with Crippen molar-refractivity contribution < 1.29 is 13.2 Å². The van der Waals surface area contributed by atoms with Gasteiger partial charge in [0, 0.05) is 5.56 Å². The number of halogens is 3. The summed E-state index contributed by atoms with van der Waals surface area (Å²) < 4.78 is 38.2. The Kier molecular flexibility index (Phi) is 6.99. The Labute approximate surface area is 99.1 Å². The molecule has 0 saturated heterocycles. The molecule has 0 radical (unpaired) electrons. The molecule has 0 saturated carbocycles. The van der Waals surface area contributed by atoms with Gasteiger partial charge in [0.05, 0.1) is 17.7 Å². The second-order valence-electron chi connectivity index (χ2n) is 2.95. The third kappa shape index (κ3) is 4.08. The molecule has 2 nitrogen and oxygen atoms in total. The van der Waals surface area contributed by atoms with Crippen molar-refractivity contribution in [2.75, 3.05) is 7.05 Å². The van der Waals surface area contributed by atoms with Crippen LogP contribution in [0.1, 0.15) is 31.0 Å². The van der Waals surface area contributed by atoms with Crippen LogP contribution in [-0.2, 0) is 0 Å². The molecule has 1 rings (SSSR count). The number of hydrogen-bond acceptors (Lipinski definition) is 2. The van der Waals surface area contributed by atoms with Crippen LogP contribution < -0.4 is 5.32 Å². The number of rotatable bonds is 3. The third-order valence-electron chi connectivity index (χ3n) is 2.02. The summed E-state index contributed by atoms with van der Waals surface area (Å²) in [6.45, 7) is 4.00. The normalized spacial score (nSPS) is 11.4. The van der Waals surface area contributed by atoms with E-state index in [0.717, 1.165) is 12.1 Å². The van der Waals surface area contributed by atoms with E-state index in [1.165, 1.54) is 13.1 Å². The zero-order valence-corrected chi connectivity index (χ0v) is 9.97. The first-order valence-electron chi connectivity index (χ1n) is 5.25. The van der Waals surface area contributed by atoms with E-state index in [9.17, 15) is 13.2 Å². The predicted molar refractivity (Wildman–Crippen MR) is 60.3 cm³/mol. The maximum atomic E-state index is 13.2. The average molecular weight is 244 g/mol. The molecule has 17 heavy (non-hydrogen) atoms. The van der Waals surface area contributed by atoms with E-state index in [1.54, 1.807) is 6.07 Å². The van der Waals surface area contributed by atoms with Crippen LogP contribution in [0.15, 0.2) is 18.2 Å². The van der Waals surface area contributed by atoms with Crippen LogP contribution in [0.25, 0.3) is 0 Å². The monoisotopic (exact) mass is 244 g/mol. The van der Waals surface area contributed by atoms with Crippen LogP contribution in [0.5, 0.6) is 0 Å². The van der Waals surface area contributed by atoms with Gasteiger partial charge >= 0.3 is 0 Å². The minimum atomic E-state index is -2.72. The van der Waals surface area contributed by atoms with Gasteiger partial charge in [-0.05, 0) is 25.2 Å². The fourth-order valence-electron chi connectivity index (χ4n) is 1.27. The highest BCUT2D eigenvalue weighted by molar-refractivity contribution is 5.35. The highest BCUT2D eigenvalue weighted by Gasteiger charge is 2.23. The first kappa shape index (κ1) is 15.5. The summed E-state index contributed by atoms with van der Waals surface area (Å²) in [5.41, 5.74) is -0.0288. The van der Waals surface area contributed by atoms with Gasteiger partial charge in [0.25, 0.3) is 6.43 Å². The van der Waals surface area contributed by atoms with E-state index in [0.29, 0.717) is 0 Å². The molecule has 0 aliphatic rings. The number of nitrogens with one attached hydrogen (secondary N) is 1. The molecule has 1 aromatic carbocycles. The summed E-state index contributed by atoms with van der Waals surface area (Å²) >= 11 is 0. The van der Waals surface area contributed by atoms with Gasteiger partial charge in [0.15, 0.2) is 0 Å². The van der Waals surface area contributed by atoms with Gasteiger partial charge in [-0.2, -0.15) is 5.26 Å². The number of nitrogens with zero attached hydrogens (tertiary/aromatic N) is 1. The Hall–Kier alpha value is -1.54. The highest BCUT2D eigenvalue weighted by atomic mass is 19.3. The van der Waals surface area contributed by atoms with Crippen molar-refractivity contribution in [1.29, 1.82) is 5.26 Å². The molecule has 1 atom stereocenters. The van der Waals surface area contributed by atoms with Crippen molar-refractivity contribution in [1.82, 2.24) is 5.32 Å². The molecule has 0 heterocycles. The second kappa shape index (κ2) is 7.69. The largest absolute Gasteiger partial charge is 0.308 e. The summed E-state index contributed by atoms with van der Waals surface area (Å²) in [5.74, 6) is -0.742. The van der Waals surface area contributed by atoms with Crippen molar-refractivity contribution >= 4 is 0 Å². The summed E-state index contributed by atoms with van der Waals surface area (Å²) in [6, 6.07) is 3.77. The van der Waals surface area contributed by atoms with Crippen molar-refractivity contribution in [3.63, 3.8) is 0 Å². The topological polar surface area (TPSA) is 35.8 Å². The molecule has 0 bridgehead atoms. The standard InChI is InChI=1S/C10H9F3N2.C2H6/c1-15-9(10(12)13)7-4-6(5-14)2-3-8(7)11;1-2/h2-4,9-10,15H,1H3;1-2H3. The molecule has 0 aliphatic heterocycles. The fourth-order valence-corrected chi connectivity index (χ4v) is 1.27. The Morgan fingerprint density at radius 2 is 1.88 bits per heavy atom. The summed E-state index contributed by atoms with van der Waals surface area (Å²) in [6.07, 6.45) is -2.72. The lowest BCUT2D eigenvalue weighted by Gasteiger charge is -2.16. The zero-order chi connectivity index (χ0) is 13.4. The minimum absolute atomic E-state index is 0.160. The Morgan fingerprint density at radius 1 is 1.29 bits per heavy atom. The number of alkyl halides is 2. The molecular formula is C12H15F3N2. The quantitative estimate of drug-likeness (QED) is 0.885. The molecule has 0 fully saturated rings. The van der Waals surface area contributed by atoms with Gasteiger partial charge in [0.2, 0.25) is 0 Å². The highest BCUT2D eigenvalue weighted by Crippen LogP contribution is 2.23. The lowest BCUT2D eigenvalue weighted by Crippen LogP contribution is -2.24. The molecule has 0 amide bonds. The Morgan fingerprint density at radius 3 is 2.29 bits per heavy atom. The molecule has 1 N–H and O–H groups in total. The van der Waals surface area contributed by atoms with Crippen LogP contribution in [-0.4, -0.2) is 13.5 Å². The van der Waals surface area contributed by atoms with Gasteiger partial charge in [0.1, 0.15) is 5.82 Å². The van der Waals surface area contributed by atoms with E-state index >= 15 is 0 Å². The summed E-state index contributed by atoms with van der Waals surface area (Å²) in [5, 5.41) is 10.9. The first-order chi connectivity index (χ1) is 8.10. The van der Waals surface area contributed by atoms with Gasteiger partial charge in [-0.3, -0.25) is 0 Å². The van der Waals surface area contributed by atoms with Gasteiger partial charge in [-0.25, -0.2) is 13.2 Å². The average Bonchev–Trinajstić information content (AvgIpc) is 2.34. The van der Waals surface area contributed by atoms with Crippen molar-refractivity contribution in [2.45, 2.75) is 26.3 Å². The molecule has 1 unspecified atom stereocenters. The summed E-state index contributed by atoms with van der Waals surface area (Å²) in [7, 11) is 1.31. The maximum absolute atomic E-state index is 13.2. The lowest BCUT2D eigenvalue weighted by atomic mass is 10.0. The van der Waals surface area contributed by atoms with Gasteiger partial charge in [-0.1, -0.05) is 13.8 Å². The number of hydrogen-bond donors (Lipinski definition) is 1. The van der Waals surface area contributed by atoms with E-state index in [-0.39, 0.29) is 11.1 Å². The minimum Gasteiger partial charge on any atom is -0.308 e. The Bertz CT molecular complexity index is 386. The molecule has 1 aromatic rings. The molecular weight excluding hydrogens is 229 g/mol. The lowest BCUT2D eigenvalue weighted by molar-refractivity contribution is 0.100. The smallest absolute Gasteiger partial charge is 0.257 e. The molecule has 0 aliphatic carbocycles.